The van der Waals surface area contributed by atoms with Crippen molar-refractivity contribution in [1.82, 2.24) is 5.32 Å². The highest BCUT2D eigenvalue weighted by atomic mass is 35.5. The molecule has 0 radical (unpaired) electrons. The smallest absolute Gasteiger partial charge is 0.326 e. The second-order valence-corrected chi connectivity index (χ2v) is 8.48. The SMILES string of the molecule is CON=C(C(=O)N[C@@H](Cc1ccc(NC(=O)c2c(Cl)cccc2Cl)cc1)C(=O)O)c1ccc(OC)cc1. The van der Waals surface area contributed by atoms with Crippen LogP contribution in [-0.4, -0.2) is 48.9 Å². The molecule has 2 amide bonds. The number of halogens is 2. The number of nitrogens with zero attached hydrogens (tertiary/aromatic N) is 1. The number of hydrogen-bond donors (Lipinski definition) is 3. The fraction of sp³-hybridized carbons (Fsp3) is 0.154. The second-order valence-electron chi connectivity index (χ2n) is 7.67. The molecule has 0 aliphatic heterocycles. The topological polar surface area (TPSA) is 126 Å². The minimum absolute atomic E-state index is 0.0193. The summed E-state index contributed by atoms with van der Waals surface area (Å²) in [6.45, 7) is 0. The molecule has 3 rings (SSSR count). The van der Waals surface area contributed by atoms with E-state index in [4.69, 9.17) is 32.8 Å². The number of nitrogens with one attached hydrogen (secondary N) is 2. The molecule has 0 aromatic heterocycles. The van der Waals surface area contributed by atoms with Crippen molar-refractivity contribution in [2.75, 3.05) is 19.5 Å². The zero-order valence-electron chi connectivity index (χ0n) is 19.8. The number of amides is 2. The van der Waals surface area contributed by atoms with Gasteiger partial charge in [-0.2, -0.15) is 0 Å². The van der Waals surface area contributed by atoms with Crippen molar-refractivity contribution in [2.24, 2.45) is 5.16 Å². The van der Waals surface area contributed by atoms with Crippen LogP contribution in [0.25, 0.3) is 0 Å². The van der Waals surface area contributed by atoms with E-state index >= 15 is 0 Å². The van der Waals surface area contributed by atoms with E-state index in [1.165, 1.54) is 14.2 Å². The summed E-state index contributed by atoms with van der Waals surface area (Å²) in [6.07, 6.45) is -0.0193. The van der Waals surface area contributed by atoms with Crippen molar-refractivity contribution in [1.29, 1.82) is 0 Å². The standard InChI is InChI=1S/C26H23Cl2N3O6/c1-36-18-12-8-16(9-13-18)23(31-37-2)25(33)30-21(26(34)35)14-15-6-10-17(11-7-15)29-24(32)22-19(27)4-3-5-20(22)28/h3-13,21H,14H2,1-2H3,(H,29,32)(H,30,33)(H,34,35)/t21-/m0/s1. The molecule has 0 saturated heterocycles. The maximum absolute atomic E-state index is 12.9. The van der Waals surface area contributed by atoms with Gasteiger partial charge in [-0.15, -0.1) is 0 Å². The molecule has 192 valence electrons. The zero-order valence-corrected chi connectivity index (χ0v) is 21.3. The third kappa shape index (κ3) is 7.22. The second kappa shape index (κ2) is 12.8. The molecule has 0 fully saturated rings. The molecule has 1 atom stereocenters. The molecule has 3 aromatic rings. The lowest BCUT2D eigenvalue weighted by Crippen LogP contribution is -2.45. The Balaban J connectivity index is 1.70. The molecular formula is C26H23Cl2N3O6. The molecule has 3 N–H and O–H groups in total. The van der Waals surface area contributed by atoms with Crippen LogP contribution >= 0.6 is 23.2 Å². The summed E-state index contributed by atoms with van der Waals surface area (Å²) in [7, 11) is 2.80. The summed E-state index contributed by atoms with van der Waals surface area (Å²) in [5, 5.41) is 19.1. The molecule has 11 heteroatoms. The Labute approximate surface area is 223 Å². The number of ether oxygens (including phenoxy) is 1. The van der Waals surface area contributed by atoms with Crippen molar-refractivity contribution in [3.63, 3.8) is 0 Å². The van der Waals surface area contributed by atoms with Gasteiger partial charge in [-0.25, -0.2) is 4.79 Å². The summed E-state index contributed by atoms with van der Waals surface area (Å²) < 4.78 is 5.11. The van der Waals surface area contributed by atoms with Crippen LogP contribution in [0.4, 0.5) is 5.69 Å². The summed E-state index contributed by atoms with van der Waals surface area (Å²) in [4.78, 5) is 42.1. The molecule has 0 bridgehead atoms. The lowest BCUT2D eigenvalue weighted by molar-refractivity contribution is -0.141. The van der Waals surface area contributed by atoms with Crippen LogP contribution in [0, 0.1) is 0 Å². The Morgan fingerprint density at radius 3 is 2.11 bits per heavy atom. The molecule has 0 spiro atoms. The number of hydrogen-bond acceptors (Lipinski definition) is 6. The van der Waals surface area contributed by atoms with Crippen LogP contribution in [0.1, 0.15) is 21.5 Å². The van der Waals surface area contributed by atoms with Gasteiger partial charge in [0, 0.05) is 17.7 Å². The molecule has 3 aromatic carbocycles. The zero-order chi connectivity index (χ0) is 26.9. The van der Waals surface area contributed by atoms with Gasteiger partial charge < -0.3 is 25.3 Å². The third-order valence-electron chi connectivity index (χ3n) is 5.21. The van der Waals surface area contributed by atoms with Crippen LogP contribution < -0.4 is 15.4 Å². The number of carboxylic acids is 1. The van der Waals surface area contributed by atoms with Crippen molar-refractivity contribution >= 4 is 52.4 Å². The highest BCUT2D eigenvalue weighted by Gasteiger charge is 2.25. The first-order chi connectivity index (χ1) is 17.7. The van der Waals surface area contributed by atoms with Crippen molar-refractivity contribution < 1.29 is 29.1 Å². The van der Waals surface area contributed by atoms with Crippen molar-refractivity contribution in [3.05, 3.63) is 93.5 Å². The quantitative estimate of drug-likeness (QED) is 0.256. The van der Waals surface area contributed by atoms with E-state index in [-0.39, 0.29) is 27.7 Å². The minimum atomic E-state index is -1.25. The normalized spacial score (nSPS) is 11.8. The van der Waals surface area contributed by atoms with Crippen LogP contribution in [0.5, 0.6) is 5.75 Å². The van der Waals surface area contributed by atoms with Crippen LogP contribution in [-0.2, 0) is 20.8 Å². The van der Waals surface area contributed by atoms with E-state index in [9.17, 15) is 19.5 Å². The molecule has 0 heterocycles. The van der Waals surface area contributed by atoms with Gasteiger partial charge in [0.15, 0.2) is 5.71 Å². The first-order valence-electron chi connectivity index (χ1n) is 10.9. The molecule has 37 heavy (non-hydrogen) atoms. The predicted molar refractivity (Wildman–Crippen MR) is 141 cm³/mol. The van der Waals surface area contributed by atoms with Gasteiger partial charge in [0.05, 0.1) is 22.7 Å². The van der Waals surface area contributed by atoms with E-state index < -0.39 is 23.8 Å². The number of oxime groups is 1. The summed E-state index contributed by atoms with van der Waals surface area (Å²) in [5.41, 5.74) is 1.54. The van der Waals surface area contributed by atoms with Crippen LogP contribution in [0.15, 0.2) is 71.9 Å². The van der Waals surface area contributed by atoms with Gasteiger partial charge in [0.2, 0.25) is 0 Å². The van der Waals surface area contributed by atoms with Gasteiger partial charge in [-0.3, -0.25) is 9.59 Å². The Kier molecular flexibility index (Phi) is 9.48. The molecule has 0 unspecified atom stereocenters. The average Bonchev–Trinajstić information content (AvgIpc) is 2.87. The third-order valence-corrected chi connectivity index (χ3v) is 5.84. The summed E-state index contributed by atoms with van der Waals surface area (Å²) in [5.74, 6) is -1.85. The fourth-order valence-corrected chi connectivity index (χ4v) is 3.93. The van der Waals surface area contributed by atoms with E-state index in [1.54, 1.807) is 66.7 Å². The maximum atomic E-state index is 12.9. The molecule has 0 aliphatic rings. The Morgan fingerprint density at radius 2 is 1.57 bits per heavy atom. The van der Waals surface area contributed by atoms with E-state index in [0.29, 0.717) is 22.6 Å². The molecule has 0 saturated carbocycles. The van der Waals surface area contributed by atoms with Crippen molar-refractivity contribution in [2.45, 2.75) is 12.5 Å². The number of anilines is 1. The number of carbonyl (C=O) groups is 3. The van der Waals surface area contributed by atoms with E-state index in [0.717, 1.165) is 0 Å². The number of methoxy groups -OCH3 is 1. The number of benzene rings is 3. The molecule has 0 aliphatic carbocycles. The lowest BCUT2D eigenvalue weighted by atomic mass is 10.0. The number of rotatable bonds is 10. The van der Waals surface area contributed by atoms with Gasteiger partial charge >= 0.3 is 5.97 Å². The Bertz CT molecular complexity index is 1290. The number of carboxylic acid groups (broad SMARTS) is 1. The van der Waals surface area contributed by atoms with Gasteiger partial charge in [-0.1, -0.05) is 46.6 Å². The fourth-order valence-electron chi connectivity index (χ4n) is 3.36. The number of aliphatic carboxylic acids is 1. The summed E-state index contributed by atoms with van der Waals surface area (Å²) >= 11 is 12.2. The largest absolute Gasteiger partial charge is 0.497 e. The highest BCUT2D eigenvalue weighted by molar-refractivity contribution is 6.45. The van der Waals surface area contributed by atoms with E-state index in [2.05, 4.69) is 15.8 Å². The Hall–Kier alpha value is -4.08. The lowest BCUT2D eigenvalue weighted by Gasteiger charge is -2.16. The first kappa shape index (κ1) is 27.5. The molecule has 9 nitrogen and oxygen atoms in total. The van der Waals surface area contributed by atoms with Crippen LogP contribution in [0.2, 0.25) is 10.0 Å². The average molecular weight is 544 g/mol. The number of carbonyl (C=O) groups excluding carboxylic acids is 2. The highest BCUT2D eigenvalue weighted by Crippen LogP contribution is 2.25. The molecular weight excluding hydrogens is 521 g/mol. The summed E-state index contributed by atoms with van der Waals surface area (Å²) in [6, 6.07) is 16.5. The van der Waals surface area contributed by atoms with Crippen molar-refractivity contribution in [3.8, 4) is 5.75 Å². The van der Waals surface area contributed by atoms with Crippen LogP contribution in [0.3, 0.4) is 0 Å². The predicted octanol–water partition coefficient (Wildman–Crippen LogP) is 4.42. The van der Waals surface area contributed by atoms with Gasteiger partial charge in [0.25, 0.3) is 11.8 Å². The first-order valence-corrected chi connectivity index (χ1v) is 11.6. The van der Waals surface area contributed by atoms with Gasteiger partial charge in [0.1, 0.15) is 18.9 Å². The monoisotopic (exact) mass is 543 g/mol. The Morgan fingerprint density at radius 1 is 0.946 bits per heavy atom. The minimum Gasteiger partial charge on any atom is -0.497 e. The maximum Gasteiger partial charge on any atom is 0.326 e. The van der Waals surface area contributed by atoms with E-state index in [1.807, 2.05) is 0 Å². The van der Waals surface area contributed by atoms with Gasteiger partial charge in [-0.05, 0) is 54.1 Å².